The summed E-state index contributed by atoms with van der Waals surface area (Å²) in [5.74, 6) is -2.80. The zero-order valence-corrected chi connectivity index (χ0v) is 34.9. The Bertz CT molecular complexity index is 2470. The van der Waals surface area contributed by atoms with Crippen LogP contribution in [0.15, 0.2) is 82.5 Å². The predicted molar refractivity (Wildman–Crippen MR) is 227 cm³/mol. The van der Waals surface area contributed by atoms with E-state index in [0.29, 0.717) is 16.9 Å². The smallest absolute Gasteiger partial charge is 0.331 e. The van der Waals surface area contributed by atoms with Crippen molar-refractivity contribution in [1.29, 1.82) is 0 Å². The maximum absolute atomic E-state index is 14.1. The van der Waals surface area contributed by atoms with Gasteiger partial charge in [0, 0.05) is 67.6 Å². The summed E-state index contributed by atoms with van der Waals surface area (Å²) in [5, 5.41) is 45.2. The number of amides is 5. The maximum Gasteiger partial charge on any atom is 0.331 e. The number of carbonyl (C=O) groups is 5. The van der Waals surface area contributed by atoms with Crippen LogP contribution in [0, 0.1) is 0 Å². The van der Waals surface area contributed by atoms with Crippen molar-refractivity contribution in [3.8, 4) is 5.75 Å². The average Bonchev–Trinajstić information content (AvgIpc) is 3.84. The lowest BCUT2D eigenvalue weighted by molar-refractivity contribution is -0.139. The molecule has 1 saturated heterocycles. The highest BCUT2D eigenvalue weighted by Crippen LogP contribution is 2.30. The number of nitrogens with zero attached hydrogens (tertiary/aromatic N) is 2. The number of phenolic OH excluding ortho intramolecular Hbond substituents is 1. The summed E-state index contributed by atoms with van der Waals surface area (Å²) in [5.41, 5.74) is 1.42. The van der Waals surface area contributed by atoms with E-state index in [1.54, 1.807) is 31.5 Å². The molecule has 0 aliphatic carbocycles. The molecule has 1 fully saturated rings. The van der Waals surface area contributed by atoms with Crippen LogP contribution in [0.3, 0.4) is 0 Å². The first-order valence-electron chi connectivity index (χ1n) is 19.7. The zero-order chi connectivity index (χ0) is 44.7. The number of benzene rings is 2. The second kappa shape index (κ2) is 19.9. The fourth-order valence-electron chi connectivity index (χ4n) is 7.41. The molecule has 20 nitrogen and oxygen atoms in total. The third-order valence-electron chi connectivity index (χ3n) is 11.0. The molecular weight excluding hydrogens is 827 g/mol. The largest absolute Gasteiger partial charge is 0.508 e. The first-order valence-corrected chi connectivity index (χ1v) is 21.1. The molecule has 2 aliphatic heterocycles. The summed E-state index contributed by atoms with van der Waals surface area (Å²) in [6, 6.07) is 6.63. The standard InChI is InChI=1S/C41H49N9O11S/c1-21(49(2)37(56)29-15-22-7-6-10-31(51)26(22)20-43-29)34(36(55)44-19-24-17-32(52)38(61-24)50-13-11-33(53)47-41(50)60)48-35(54)28(12-14-62-3)45-40(59)46-30(39(57)58)16-23-18-42-27-9-5-4-8-25(23)27/h4-11,13,18-19,21,28-30,32,34,38,42-43,51-52H,12,14-17,20H2,1-3H3,(H,44,55)(H,48,54)(H,57,58)(H2,45,46,59)(H,47,53,60)/b24-19-. The molecule has 2 aromatic carbocycles. The predicted octanol–water partition coefficient (Wildman–Crippen LogP) is 0.124. The van der Waals surface area contributed by atoms with Crippen LogP contribution >= 0.6 is 11.8 Å². The van der Waals surface area contributed by atoms with Crippen molar-refractivity contribution >= 4 is 52.4 Å². The number of aliphatic carboxylic acids is 1. The normalized spacial score (nSPS) is 19.6. The molecule has 0 spiro atoms. The second-order valence-corrected chi connectivity index (χ2v) is 16.0. The fourth-order valence-corrected chi connectivity index (χ4v) is 7.89. The van der Waals surface area contributed by atoms with Crippen molar-refractivity contribution in [2.24, 2.45) is 0 Å². The van der Waals surface area contributed by atoms with Gasteiger partial charge in [-0.2, -0.15) is 11.8 Å². The number of aliphatic hydroxyl groups excluding tert-OH is 1. The summed E-state index contributed by atoms with van der Waals surface area (Å²) < 4.78 is 6.73. The van der Waals surface area contributed by atoms with Crippen molar-refractivity contribution in [1.82, 2.24) is 46.0 Å². The number of para-hydroxylation sites is 1. The minimum Gasteiger partial charge on any atom is -0.508 e. The van der Waals surface area contributed by atoms with E-state index in [1.165, 1.54) is 23.7 Å². The maximum atomic E-state index is 14.1. The summed E-state index contributed by atoms with van der Waals surface area (Å²) in [6.07, 6.45) is 3.42. The van der Waals surface area contributed by atoms with Gasteiger partial charge >= 0.3 is 17.7 Å². The van der Waals surface area contributed by atoms with Crippen molar-refractivity contribution in [2.75, 3.05) is 19.1 Å². The second-order valence-electron chi connectivity index (χ2n) is 15.1. The average molecular weight is 876 g/mol. The number of thioether (sulfide) groups is 1. The summed E-state index contributed by atoms with van der Waals surface area (Å²) >= 11 is 1.39. The number of ether oxygens (including phenoxy) is 1. The molecule has 10 N–H and O–H groups in total. The molecule has 4 heterocycles. The van der Waals surface area contributed by atoms with Crippen molar-refractivity contribution in [3.05, 3.63) is 110 Å². The van der Waals surface area contributed by atoms with Gasteiger partial charge in [-0.1, -0.05) is 30.3 Å². The van der Waals surface area contributed by atoms with E-state index in [4.69, 9.17) is 4.74 Å². The van der Waals surface area contributed by atoms with Gasteiger partial charge in [0.25, 0.3) is 5.56 Å². The van der Waals surface area contributed by atoms with Crippen molar-refractivity contribution < 1.29 is 44.0 Å². The summed E-state index contributed by atoms with van der Waals surface area (Å²) in [6.45, 7) is 1.76. The number of aromatic amines is 2. The monoisotopic (exact) mass is 875 g/mol. The number of H-pyrrole nitrogens is 2. The molecule has 7 unspecified atom stereocenters. The number of carboxylic acid groups (broad SMARTS) is 1. The molecular formula is C41H49N9O11S. The number of nitrogens with one attached hydrogen (secondary N) is 7. The van der Waals surface area contributed by atoms with E-state index in [0.717, 1.165) is 39.5 Å². The van der Waals surface area contributed by atoms with E-state index in [9.17, 15) is 48.9 Å². The van der Waals surface area contributed by atoms with Gasteiger partial charge in [-0.05, 0) is 55.0 Å². The van der Waals surface area contributed by atoms with Crippen LogP contribution in [-0.2, 0) is 43.3 Å². The fraction of sp³-hybridized carbons (Fsp3) is 0.390. The van der Waals surface area contributed by atoms with Gasteiger partial charge in [0.15, 0.2) is 0 Å². The van der Waals surface area contributed by atoms with E-state index in [2.05, 4.69) is 36.6 Å². The number of rotatable bonds is 16. The Morgan fingerprint density at radius 3 is 2.52 bits per heavy atom. The van der Waals surface area contributed by atoms with E-state index >= 15 is 0 Å². The van der Waals surface area contributed by atoms with Gasteiger partial charge in [-0.25, -0.2) is 14.4 Å². The van der Waals surface area contributed by atoms with Crippen LogP contribution < -0.4 is 37.8 Å². The van der Waals surface area contributed by atoms with Gasteiger partial charge in [0.1, 0.15) is 35.7 Å². The van der Waals surface area contributed by atoms with Crippen LogP contribution in [0.25, 0.3) is 10.9 Å². The van der Waals surface area contributed by atoms with E-state index in [-0.39, 0.29) is 43.7 Å². The molecule has 5 amide bonds. The molecule has 62 heavy (non-hydrogen) atoms. The minimum atomic E-state index is -1.47. The van der Waals surface area contributed by atoms with Crippen LogP contribution in [0.5, 0.6) is 5.75 Å². The molecule has 2 aromatic heterocycles. The van der Waals surface area contributed by atoms with E-state index in [1.807, 2.05) is 30.3 Å². The van der Waals surface area contributed by atoms with Gasteiger partial charge in [0.05, 0.1) is 12.1 Å². The van der Waals surface area contributed by atoms with Crippen molar-refractivity contribution in [3.63, 3.8) is 0 Å². The van der Waals surface area contributed by atoms with Crippen molar-refractivity contribution in [2.45, 2.75) is 81.7 Å². The number of urea groups is 1. The van der Waals surface area contributed by atoms with Crippen LogP contribution in [0.4, 0.5) is 4.79 Å². The van der Waals surface area contributed by atoms with Crippen LogP contribution in [0.1, 0.15) is 42.7 Å². The molecule has 330 valence electrons. The Balaban J connectivity index is 1.20. The lowest BCUT2D eigenvalue weighted by atomic mass is 9.94. The molecule has 4 aromatic rings. The van der Waals surface area contributed by atoms with Gasteiger partial charge in [-0.3, -0.25) is 28.7 Å². The summed E-state index contributed by atoms with van der Waals surface area (Å²) in [4.78, 5) is 98.3. The molecule has 6 rings (SSSR count). The topological polar surface area (TPSA) is 289 Å². The molecule has 0 bridgehead atoms. The van der Waals surface area contributed by atoms with Gasteiger partial charge in [0.2, 0.25) is 23.9 Å². The third kappa shape index (κ3) is 10.5. The van der Waals surface area contributed by atoms with Gasteiger partial charge in [-0.15, -0.1) is 0 Å². The molecule has 21 heteroatoms. The minimum absolute atomic E-state index is 0.0567. The third-order valence-corrected chi connectivity index (χ3v) is 11.6. The molecule has 0 saturated carbocycles. The number of aromatic nitrogens is 3. The highest BCUT2D eigenvalue weighted by Gasteiger charge is 2.38. The zero-order valence-electron chi connectivity index (χ0n) is 34.0. The first-order chi connectivity index (χ1) is 29.6. The number of carbonyl (C=O) groups excluding carboxylic acids is 4. The SMILES string of the molecule is CSCCC(NC(=O)NC(Cc1c[nH]c2ccccc12)C(=O)O)C(=O)NC(C(=O)N/C=C1/CC(O)C(n2ccc(=O)[nH]c2=O)O1)C(C)N(C)C(=O)C1Cc2cccc(O)c2CN1. The quantitative estimate of drug-likeness (QED) is 0.0717. The van der Waals surface area contributed by atoms with Crippen LogP contribution in [-0.4, -0.2) is 120 Å². The number of carboxylic acids is 1. The Kier molecular flexibility index (Phi) is 14.4. The number of likely N-dealkylation sites (N-methyl/N-ethyl adjacent to an activating group) is 1. The Hall–Kier alpha value is -6.58. The first kappa shape index (κ1) is 45.0. The number of fused-ring (bicyclic) bond motifs is 2. The highest BCUT2D eigenvalue weighted by molar-refractivity contribution is 7.98. The lowest BCUT2D eigenvalue weighted by Gasteiger charge is -2.36. The highest BCUT2D eigenvalue weighted by atomic mass is 32.2. The lowest BCUT2D eigenvalue weighted by Crippen LogP contribution is -2.62. The molecule has 2 aliphatic rings. The number of phenols is 1. The molecule has 0 radical (unpaired) electrons. The number of aromatic hydroxyl groups is 1. The number of hydrogen-bond donors (Lipinski definition) is 10. The van der Waals surface area contributed by atoms with Gasteiger partial charge < -0.3 is 56.5 Å². The Labute approximate surface area is 358 Å². The van der Waals surface area contributed by atoms with E-state index < -0.39 is 83.5 Å². The summed E-state index contributed by atoms with van der Waals surface area (Å²) in [7, 11) is 1.47. The number of hydrogen-bond acceptors (Lipinski definition) is 12. The number of aliphatic hydroxyl groups is 1. The Morgan fingerprint density at radius 1 is 1.02 bits per heavy atom. The molecule has 7 atom stereocenters. The van der Waals surface area contributed by atoms with Crippen LogP contribution in [0.2, 0.25) is 0 Å². The Morgan fingerprint density at radius 2 is 1.77 bits per heavy atom.